The Labute approximate surface area is 100 Å². The molecule has 96 valence electrons. The topological polar surface area (TPSA) is 85.6 Å². The van der Waals surface area contributed by atoms with Crippen LogP contribution in [-0.2, 0) is 14.8 Å². The first-order valence-corrected chi connectivity index (χ1v) is 6.54. The zero-order chi connectivity index (χ0) is 12.9. The molecule has 0 aliphatic rings. The third-order valence-corrected chi connectivity index (χ3v) is 3.56. The van der Waals surface area contributed by atoms with Crippen LogP contribution in [0, 0.1) is 0 Å². The normalized spacial score (nSPS) is 13.5. The van der Waals surface area contributed by atoms with E-state index in [1.807, 2.05) is 0 Å². The highest BCUT2D eigenvalue weighted by Gasteiger charge is 2.20. The molecule has 0 saturated carbocycles. The van der Waals surface area contributed by atoms with Crippen LogP contribution in [0.15, 0.2) is 21.6 Å². The molecule has 1 heterocycles. The Morgan fingerprint density at radius 2 is 2.24 bits per heavy atom. The van der Waals surface area contributed by atoms with Gasteiger partial charge in [0.25, 0.3) is 10.0 Å². The highest BCUT2D eigenvalue weighted by molar-refractivity contribution is 7.89. The minimum Gasteiger partial charge on any atom is -0.440 e. The molecule has 0 aromatic carbocycles. The van der Waals surface area contributed by atoms with Crippen molar-refractivity contribution in [2.45, 2.75) is 24.5 Å². The van der Waals surface area contributed by atoms with Crippen molar-refractivity contribution in [3.8, 4) is 0 Å². The van der Waals surface area contributed by atoms with Gasteiger partial charge in [0.05, 0.1) is 0 Å². The summed E-state index contributed by atoms with van der Waals surface area (Å²) in [6.45, 7) is 2.18. The molecule has 0 radical (unpaired) electrons. The highest BCUT2D eigenvalue weighted by atomic mass is 32.2. The van der Waals surface area contributed by atoms with Crippen molar-refractivity contribution in [1.82, 2.24) is 4.72 Å². The monoisotopic (exact) mass is 261 g/mol. The van der Waals surface area contributed by atoms with Crippen LogP contribution in [0.3, 0.4) is 0 Å². The lowest BCUT2D eigenvalue weighted by molar-refractivity contribution is 0.109. The van der Waals surface area contributed by atoms with E-state index in [0.717, 1.165) is 0 Å². The van der Waals surface area contributed by atoms with Crippen molar-refractivity contribution >= 4 is 16.3 Å². The quantitative estimate of drug-likeness (QED) is 0.733. The van der Waals surface area contributed by atoms with Crippen LogP contribution in [0.25, 0.3) is 0 Å². The van der Waals surface area contributed by atoms with Crippen LogP contribution in [0.4, 0.5) is 0 Å². The predicted molar refractivity (Wildman–Crippen MR) is 60.4 cm³/mol. The Kier molecular flexibility index (Phi) is 4.86. The average molecular weight is 261 g/mol. The Morgan fingerprint density at radius 3 is 2.76 bits per heavy atom. The predicted octanol–water partition coefficient (Wildman–Crippen LogP) is 0.795. The summed E-state index contributed by atoms with van der Waals surface area (Å²) in [6.07, 6.45) is 1.00. The van der Waals surface area contributed by atoms with Crippen LogP contribution < -0.4 is 4.72 Å². The van der Waals surface area contributed by atoms with E-state index in [1.54, 1.807) is 14.0 Å². The van der Waals surface area contributed by atoms with Crippen molar-refractivity contribution in [3.63, 3.8) is 0 Å². The molecule has 0 aliphatic heterocycles. The lowest BCUT2D eigenvalue weighted by atomic mass is 10.3. The van der Waals surface area contributed by atoms with Crippen LogP contribution >= 0.6 is 0 Å². The minimum atomic E-state index is -3.71. The largest absolute Gasteiger partial charge is 0.440 e. The van der Waals surface area contributed by atoms with Gasteiger partial charge in [-0.15, -0.1) is 0 Å². The van der Waals surface area contributed by atoms with Gasteiger partial charge >= 0.3 is 0 Å². The number of furan rings is 1. The molecule has 0 fully saturated rings. The van der Waals surface area contributed by atoms with Gasteiger partial charge in [0.2, 0.25) is 5.09 Å². The van der Waals surface area contributed by atoms with Crippen molar-refractivity contribution in [3.05, 3.63) is 17.9 Å². The zero-order valence-corrected chi connectivity index (χ0v) is 10.5. The number of nitrogens with one attached hydrogen (secondary N) is 1. The van der Waals surface area contributed by atoms with Gasteiger partial charge in [0, 0.05) is 19.8 Å². The van der Waals surface area contributed by atoms with Gasteiger partial charge in [0.1, 0.15) is 0 Å². The first kappa shape index (κ1) is 13.9. The van der Waals surface area contributed by atoms with E-state index in [9.17, 15) is 13.2 Å². The first-order chi connectivity index (χ1) is 7.99. The number of carbonyl (C=O) groups excluding carboxylic acids is 1. The van der Waals surface area contributed by atoms with E-state index in [2.05, 4.69) is 4.72 Å². The molecule has 6 nitrogen and oxygen atoms in total. The van der Waals surface area contributed by atoms with Gasteiger partial charge in [-0.25, -0.2) is 13.1 Å². The van der Waals surface area contributed by atoms with Crippen LogP contribution in [-0.4, -0.2) is 34.5 Å². The Bertz CT molecular complexity index is 465. The molecule has 1 aromatic rings. The summed E-state index contributed by atoms with van der Waals surface area (Å²) in [4.78, 5) is 10.4. The highest BCUT2D eigenvalue weighted by Crippen LogP contribution is 2.13. The zero-order valence-electron chi connectivity index (χ0n) is 9.67. The molecule has 0 spiro atoms. The van der Waals surface area contributed by atoms with Crippen LogP contribution in [0.1, 0.15) is 23.9 Å². The van der Waals surface area contributed by atoms with E-state index >= 15 is 0 Å². The summed E-state index contributed by atoms with van der Waals surface area (Å²) in [5, 5.41) is -0.260. The second-order valence-corrected chi connectivity index (χ2v) is 5.22. The van der Waals surface area contributed by atoms with Gasteiger partial charge in [0.15, 0.2) is 12.0 Å². The molecule has 7 heteroatoms. The molecule has 1 rings (SSSR count). The van der Waals surface area contributed by atoms with Crippen molar-refractivity contribution in [2.75, 3.05) is 13.7 Å². The van der Waals surface area contributed by atoms with Gasteiger partial charge in [-0.05, 0) is 25.5 Å². The van der Waals surface area contributed by atoms with Crippen molar-refractivity contribution in [2.24, 2.45) is 0 Å². The number of methoxy groups -OCH3 is 1. The summed E-state index contributed by atoms with van der Waals surface area (Å²) < 4.78 is 35.7. The van der Waals surface area contributed by atoms with E-state index < -0.39 is 10.0 Å². The number of ether oxygens (including phenoxy) is 1. The van der Waals surface area contributed by atoms with Gasteiger partial charge in [-0.3, -0.25) is 4.79 Å². The summed E-state index contributed by atoms with van der Waals surface area (Å²) >= 11 is 0. The molecular weight excluding hydrogens is 246 g/mol. The van der Waals surface area contributed by atoms with E-state index in [-0.39, 0.29) is 16.9 Å². The molecule has 1 aromatic heterocycles. The second-order valence-electron chi connectivity index (χ2n) is 3.58. The Balaban J connectivity index is 2.71. The Hall–Kier alpha value is -1.18. The van der Waals surface area contributed by atoms with Crippen molar-refractivity contribution in [1.29, 1.82) is 0 Å². The molecule has 1 atom stereocenters. The second kappa shape index (κ2) is 5.95. The minimum absolute atomic E-state index is 0.0186. The summed E-state index contributed by atoms with van der Waals surface area (Å²) in [5.74, 6) is -0.0186. The lowest BCUT2D eigenvalue weighted by Crippen LogP contribution is -2.33. The Morgan fingerprint density at radius 1 is 1.53 bits per heavy atom. The summed E-state index contributed by atoms with van der Waals surface area (Å²) in [6, 6.07) is 2.28. The van der Waals surface area contributed by atoms with Crippen LogP contribution in [0.5, 0.6) is 0 Å². The average Bonchev–Trinajstić information content (AvgIpc) is 2.75. The number of carbonyl (C=O) groups is 1. The number of hydrogen-bond donors (Lipinski definition) is 1. The molecule has 0 amide bonds. The van der Waals surface area contributed by atoms with Crippen molar-refractivity contribution < 1.29 is 22.4 Å². The maximum absolute atomic E-state index is 11.8. The summed E-state index contributed by atoms with van der Waals surface area (Å²) in [7, 11) is -2.16. The number of hydrogen-bond acceptors (Lipinski definition) is 5. The molecule has 0 bridgehead atoms. The third-order valence-electron chi connectivity index (χ3n) is 2.09. The molecule has 1 unspecified atom stereocenters. The van der Waals surface area contributed by atoms with Gasteiger partial charge in [-0.2, -0.15) is 0 Å². The molecular formula is C10H15NO5S. The molecule has 1 N–H and O–H groups in total. The van der Waals surface area contributed by atoms with Gasteiger partial charge < -0.3 is 9.15 Å². The van der Waals surface area contributed by atoms with Gasteiger partial charge in [-0.1, -0.05) is 0 Å². The molecule has 17 heavy (non-hydrogen) atoms. The maximum Gasteiger partial charge on any atom is 0.274 e. The number of aldehydes is 1. The van der Waals surface area contributed by atoms with E-state index in [1.165, 1.54) is 12.1 Å². The first-order valence-electron chi connectivity index (χ1n) is 5.06. The smallest absolute Gasteiger partial charge is 0.274 e. The molecule has 0 saturated heterocycles. The molecule has 0 aliphatic carbocycles. The number of rotatable bonds is 7. The number of sulfonamides is 1. The fourth-order valence-electron chi connectivity index (χ4n) is 1.22. The fourth-order valence-corrected chi connectivity index (χ4v) is 2.44. The standard InChI is InChI=1S/C10H15NO5S/c1-8(5-6-15-2)11-17(13,14)10-4-3-9(7-12)16-10/h3-4,7-8,11H,5-6H2,1-2H3. The van der Waals surface area contributed by atoms with Crippen LogP contribution in [0.2, 0.25) is 0 Å². The van der Waals surface area contributed by atoms with E-state index in [0.29, 0.717) is 19.3 Å². The SMILES string of the molecule is COCCC(C)NS(=O)(=O)c1ccc(C=O)o1. The summed E-state index contributed by atoms with van der Waals surface area (Å²) in [5.41, 5.74) is 0. The maximum atomic E-state index is 11.8. The van der Waals surface area contributed by atoms with E-state index in [4.69, 9.17) is 9.15 Å². The third kappa shape index (κ3) is 3.95. The fraction of sp³-hybridized carbons (Fsp3) is 0.500. The lowest BCUT2D eigenvalue weighted by Gasteiger charge is -2.11.